The predicted octanol–water partition coefficient (Wildman–Crippen LogP) is -3.39. The van der Waals surface area contributed by atoms with E-state index in [4.69, 9.17) is 19.3 Å². The van der Waals surface area contributed by atoms with Crippen molar-refractivity contribution in [3.05, 3.63) is 29.8 Å². The van der Waals surface area contributed by atoms with Gasteiger partial charge in [-0.1, -0.05) is 12.1 Å². The Morgan fingerprint density at radius 1 is 1.05 bits per heavy atom. The first kappa shape index (κ1) is 28.5. The van der Waals surface area contributed by atoms with E-state index in [1.165, 1.54) is 12.1 Å². The number of nitrogens with two attached hydrogens (primary N) is 1. The van der Waals surface area contributed by atoms with Gasteiger partial charge in [-0.2, -0.15) is 13.6 Å². The summed E-state index contributed by atoms with van der Waals surface area (Å²) in [4.78, 5) is 0. The van der Waals surface area contributed by atoms with Gasteiger partial charge in [0.2, 0.25) is 12.1 Å². The van der Waals surface area contributed by atoms with Gasteiger partial charge in [-0.15, -0.1) is 0 Å². The van der Waals surface area contributed by atoms with Crippen LogP contribution in [-0.4, -0.2) is 110 Å². The van der Waals surface area contributed by atoms with Gasteiger partial charge in [-0.3, -0.25) is 0 Å². The Kier molecular flexibility index (Phi) is 8.17. The minimum Gasteiger partial charge on any atom is -0.390 e. The quantitative estimate of drug-likeness (QED) is 0.159. The van der Waals surface area contributed by atoms with Crippen molar-refractivity contribution in [3.63, 3.8) is 0 Å². The number of aliphatic hydroxyl groups excluding tert-OH is 2. The van der Waals surface area contributed by atoms with Gasteiger partial charge in [-0.05, 0) is 38.7 Å². The molecule has 0 aromatic heterocycles. The van der Waals surface area contributed by atoms with Crippen LogP contribution in [0.4, 0.5) is 0 Å². The Labute approximate surface area is 215 Å². The fourth-order valence-electron chi connectivity index (χ4n) is 5.44. The lowest BCUT2D eigenvalue weighted by Crippen LogP contribution is -2.81. The third-order valence-electron chi connectivity index (χ3n) is 7.23. The first-order chi connectivity index (χ1) is 17.3. The second-order valence-corrected chi connectivity index (χ2v) is 11.0. The number of hydrogen-bond acceptors (Lipinski definition) is 13. The first-order valence-electron chi connectivity index (χ1n) is 12.0. The molecule has 0 spiro atoms. The molecule has 2 aliphatic heterocycles. The normalized spacial score (nSPS) is 42.1. The molecule has 3 fully saturated rings. The van der Waals surface area contributed by atoms with Crippen molar-refractivity contribution in [3.8, 4) is 5.75 Å². The monoisotopic (exact) mass is 548 g/mol. The molecule has 0 bridgehead atoms. The van der Waals surface area contributed by atoms with Crippen molar-refractivity contribution in [2.45, 2.75) is 80.2 Å². The highest BCUT2D eigenvalue weighted by molar-refractivity contribution is 7.84. The third kappa shape index (κ3) is 5.50. The van der Waals surface area contributed by atoms with E-state index in [1.54, 1.807) is 33.2 Å². The summed E-state index contributed by atoms with van der Waals surface area (Å²) < 4.78 is 44.6. The summed E-state index contributed by atoms with van der Waals surface area (Å²) in [6, 6.07) is 4.65. The number of benzene rings is 1. The van der Waals surface area contributed by atoms with Crippen LogP contribution in [0.5, 0.6) is 5.75 Å². The highest BCUT2D eigenvalue weighted by atomic mass is 32.2. The van der Waals surface area contributed by atoms with Gasteiger partial charge in [0.1, 0.15) is 29.7 Å². The second-order valence-electron chi connectivity index (χ2n) is 9.83. The number of ether oxygens (including phenoxy) is 3. The third-order valence-corrected chi connectivity index (χ3v) is 7.66. The van der Waals surface area contributed by atoms with Crippen LogP contribution < -0.4 is 25.3 Å². The molecular formula is C22H36N4O10S. The predicted molar refractivity (Wildman–Crippen MR) is 128 cm³/mol. The van der Waals surface area contributed by atoms with Crippen molar-refractivity contribution in [2.24, 2.45) is 5.14 Å². The molecule has 9 N–H and O–H groups in total. The molecule has 2 heterocycles. The van der Waals surface area contributed by atoms with Crippen molar-refractivity contribution in [1.82, 2.24) is 16.0 Å². The minimum absolute atomic E-state index is 0.00333. The summed E-state index contributed by atoms with van der Waals surface area (Å²) in [5, 5.41) is 58.8. The second kappa shape index (κ2) is 10.6. The maximum absolute atomic E-state index is 11.7. The maximum Gasteiger partial charge on any atom is 0.380 e. The lowest BCUT2D eigenvalue weighted by molar-refractivity contribution is -0.482. The fraction of sp³-hybridized carbons (Fsp3) is 0.727. The smallest absolute Gasteiger partial charge is 0.380 e. The Balaban J connectivity index is 1.50. The van der Waals surface area contributed by atoms with E-state index >= 15 is 0 Å². The first-order valence-corrected chi connectivity index (χ1v) is 13.4. The van der Waals surface area contributed by atoms with Gasteiger partial charge in [-0.25, -0.2) is 0 Å². The average molecular weight is 549 g/mol. The number of aliphatic hydroxyl groups is 4. The van der Waals surface area contributed by atoms with Crippen LogP contribution in [0.1, 0.15) is 18.9 Å². The van der Waals surface area contributed by atoms with Gasteiger partial charge in [0, 0.05) is 19.5 Å². The Morgan fingerprint density at radius 2 is 1.70 bits per heavy atom. The van der Waals surface area contributed by atoms with E-state index in [-0.39, 0.29) is 25.3 Å². The fourth-order valence-corrected chi connectivity index (χ4v) is 5.82. The summed E-state index contributed by atoms with van der Waals surface area (Å²) in [6.07, 6.45) is -6.13. The van der Waals surface area contributed by atoms with Gasteiger partial charge in [0.25, 0.3) is 0 Å². The van der Waals surface area contributed by atoms with Crippen LogP contribution in [0, 0.1) is 0 Å². The van der Waals surface area contributed by atoms with E-state index in [0.717, 1.165) is 5.56 Å². The Hall–Kier alpha value is -1.47. The van der Waals surface area contributed by atoms with Gasteiger partial charge < -0.3 is 54.8 Å². The van der Waals surface area contributed by atoms with Crippen LogP contribution in [0.25, 0.3) is 0 Å². The molecule has 37 heavy (non-hydrogen) atoms. The Bertz CT molecular complexity index is 1050. The standard InChI is InChI=1S/C22H36N4O10S/c1-11-8-21(29,10-26-9-12-4-6-13(7-5-12)36-37(23,31)32)22(30)20(33-11)34-19-17(28)14(24-2)16(27)15(25-3)18(19)35-22/h4-7,11,14-20,24-30H,8-10H2,1-3H3,(H2,23,31,32)/t11-,14-,15+,16+,17+,18-,19-,20+,21-,22-/m1/s1. The van der Waals surface area contributed by atoms with E-state index in [2.05, 4.69) is 20.1 Å². The van der Waals surface area contributed by atoms with Crippen molar-refractivity contribution < 1.29 is 47.2 Å². The molecule has 4 rings (SSSR count). The van der Waals surface area contributed by atoms with Crippen LogP contribution >= 0.6 is 0 Å². The summed E-state index contributed by atoms with van der Waals surface area (Å²) in [6.45, 7) is 1.84. The number of nitrogens with one attached hydrogen (secondary N) is 3. The van der Waals surface area contributed by atoms with Crippen molar-refractivity contribution in [1.29, 1.82) is 0 Å². The summed E-state index contributed by atoms with van der Waals surface area (Å²) >= 11 is 0. The number of rotatable bonds is 8. The summed E-state index contributed by atoms with van der Waals surface area (Å²) in [5.74, 6) is -2.26. The molecule has 2 saturated heterocycles. The van der Waals surface area contributed by atoms with Crippen LogP contribution in [0.15, 0.2) is 24.3 Å². The molecule has 0 radical (unpaired) electrons. The zero-order chi connectivity index (χ0) is 27.2. The van der Waals surface area contributed by atoms with E-state index in [9.17, 15) is 28.8 Å². The molecule has 1 aliphatic carbocycles. The largest absolute Gasteiger partial charge is 0.390 e. The topological polar surface area (TPSA) is 214 Å². The van der Waals surface area contributed by atoms with Crippen molar-refractivity contribution in [2.75, 3.05) is 20.6 Å². The van der Waals surface area contributed by atoms with Crippen LogP contribution in [-0.2, 0) is 31.1 Å². The molecule has 14 nitrogen and oxygen atoms in total. The molecule has 0 amide bonds. The Morgan fingerprint density at radius 3 is 2.30 bits per heavy atom. The molecule has 0 unspecified atom stereocenters. The lowest BCUT2D eigenvalue weighted by Gasteiger charge is -2.60. The molecular weight excluding hydrogens is 512 g/mol. The van der Waals surface area contributed by atoms with E-state index in [0.29, 0.717) is 0 Å². The zero-order valence-corrected chi connectivity index (χ0v) is 21.6. The number of fused-ring (bicyclic) bond motifs is 2. The molecule has 1 aromatic carbocycles. The zero-order valence-electron chi connectivity index (χ0n) is 20.8. The highest BCUT2D eigenvalue weighted by Gasteiger charge is 2.68. The maximum atomic E-state index is 11.7. The van der Waals surface area contributed by atoms with Gasteiger partial charge in [0.05, 0.1) is 24.3 Å². The molecule has 15 heteroatoms. The molecule has 1 aromatic rings. The molecule has 10 atom stereocenters. The highest BCUT2D eigenvalue weighted by Crippen LogP contribution is 2.46. The van der Waals surface area contributed by atoms with E-state index < -0.39 is 70.6 Å². The molecule has 1 saturated carbocycles. The average Bonchev–Trinajstić information content (AvgIpc) is 2.80. The lowest BCUT2D eigenvalue weighted by atomic mass is 9.77. The van der Waals surface area contributed by atoms with Crippen molar-refractivity contribution >= 4 is 10.3 Å². The minimum atomic E-state index is -4.13. The van der Waals surface area contributed by atoms with Crippen LogP contribution in [0.2, 0.25) is 0 Å². The SMILES string of the molecule is CN[C@@H]1[C@H](O)[C@H](NC)[C@H]2O[C@]3(O)[C@H](O[C@@H]2[C@H]1O)O[C@H](C)C[C@@]3(O)CNCc1ccc(OS(N)(=O)=O)cc1. The summed E-state index contributed by atoms with van der Waals surface area (Å²) in [7, 11) is -0.915. The number of hydrogen-bond donors (Lipinski definition) is 8. The molecule has 3 aliphatic rings. The van der Waals surface area contributed by atoms with E-state index in [1.807, 2.05) is 0 Å². The number of likely N-dealkylation sites (N-methyl/N-ethyl adjacent to an activating group) is 2. The van der Waals surface area contributed by atoms with Crippen LogP contribution in [0.3, 0.4) is 0 Å². The van der Waals surface area contributed by atoms with Gasteiger partial charge >= 0.3 is 10.3 Å². The summed E-state index contributed by atoms with van der Waals surface area (Å²) in [5.41, 5.74) is -1.13. The van der Waals surface area contributed by atoms with Gasteiger partial charge in [0.15, 0.2) is 0 Å². The molecule has 210 valence electrons.